The number of benzene rings is 2. The van der Waals surface area contributed by atoms with E-state index in [4.69, 9.17) is 14.3 Å². The number of amides is 5. The molecule has 0 spiro atoms. The molecule has 0 bridgehead atoms. The average molecular weight is 777 g/mol. The summed E-state index contributed by atoms with van der Waals surface area (Å²) in [5, 5.41) is 25.2. The molecule has 0 saturated heterocycles. The number of hydrogen-bond donors (Lipinski definition) is 4. The summed E-state index contributed by atoms with van der Waals surface area (Å²) in [5.41, 5.74) is 1.48. The number of ketones is 2. The largest absolute Gasteiger partial charge is 0.480 e. The van der Waals surface area contributed by atoms with Crippen LogP contribution in [0.25, 0.3) is 0 Å². The zero-order valence-corrected chi connectivity index (χ0v) is 31.2. The second-order valence-electron chi connectivity index (χ2n) is 13.3. The molecule has 18 nitrogen and oxygen atoms in total. The molecular formula is C38H44N6O12. The van der Waals surface area contributed by atoms with E-state index in [1.54, 1.807) is 69.3 Å². The van der Waals surface area contributed by atoms with Crippen LogP contribution in [-0.2, 0) is 54.3 Å². The van der Waals surface area contributed by atoms with Gasteiger partial charge in [-0.2, -0.15) is 19.8 Å². The van der Waals surface area contributed by atoms with Gasteiger partial charge in [0.1, 0.15) is 11.6 Å². The van der Waals surface area contributed by atoms with Gasteiger partial charge in [0.25, 0.3) is 11.8 Å². The molecule has 0 radical (unpaired) electrons. The monoisotopic (exact) mass is 776 g/mol. The Kier molecular flexibility index (Phi) is 18.8. The van der Waals surface area contributed by atoms with Gasteiger partial charge in [0.2, 0.25) is 11.8 Å². The van der Waals surface area contributed by atoms with Crippen LogP contribution in [0.5, 0.6) is 0 Å². The third-order valence-electron chi connectivity index (χ3n) is 7.50. The highest BCUT2D eigenvalue weighted by Crippen LogP contribution is 2.21. The summed E-state index contributed by atoms with van der Waals surface area (Å²) in [6.07, 6.45) is 3.38. The van der Waals surface area contributed by atoms with Gasteiger partial charge >= 0.3 is 18.2 Å². The van der Waals surface area contributed by atoms with E-state index < -0.39 is 35.5 Å². The van der Waals surface area contributed by atoms with Crippen molar-refractivity contribution in [1.82, 2.24) is 15.5 Å². The Labute approximate surface area is 322 Å². The van der Waals surface area contributed by atoms with E-state index >= 15 is 0 Å². The van der Waals surface area contributed by atoms with Crippen LogP contribution in [0.15, 0.2) is 70.9 Å². The van der Waals surface area contributed by atoms with Crippen molar-refractivity contribution < 1.29 is 57.8 Å². The third kappa shape index (κ3) is 18.4. The van der Waals surface area contributed by atoms with Gasteiger partial charge < -0.3 is 25.8 Å². The lowest BCUT2D eigenvalue weighted by atomic mass is 10.1. The number of Topliss-reactive ketones (excluding diaryl/α,β-unsaturated/α-hetero) is 2. The molecule has 1 aliphatic rings. The first-order chi connectivity index (χ1) is 26.5. The Morgan fingerprint density at radius 3 is 1.91 bits per heavy atom. The van der Waals surface area contributed by atoms with Gasteiger partial charge in [-0.25, -0.2) is 9.59 Å². The number of ether oxygens (including phenoxy) is 1. The van der Waals surface area contributed by atoms with E-state index in [0.29, 0.717) is 41.9 Å². The minimum atomic E-state index is -1.18. The van der Waals surface area contributed by atoms with E-state index in [1.165, 1.54) is 0 Å². The molecule has 2 aromatic rings. The minimum absolute atomic E-state index is 0.0494. The molecule has 298 valence electrons. The smallest absolute Gasteiger partial charge is 0.408 e. The number of aliphatic carboxylic acids is 1. The topological polar surface area (TPSA) is 264 Å². The Hall–Kier alpha value is -6.68. The minimum Gasteiger partial charge on any atom is -0.480 e. The average Bonchev–Trinajstić information content (AvgIpc) is 3.44. The Balaban J connectivity index is 0.00000349. The normalized spacial score (nSPS) is 12.6. The number of carbonyl (C=O) groups excluding carboxylic acids is 9. The Bertz CT molecular complexity index is 1810. The maximum atomic E-state index is 12.4. The first-order valence-corrected chi connectivity index (χ1v) is 17.5. The van der Waals surface area contributed by atoms with Crippen molar-refractivity contribution in [2.24, 2.45) is 10.2 Å². The van der Waals surface area contributed by atoms with Crippen molar-refractivity contribution >= 4 is 70.5 Å². The van der Waals surface area contributed by atoms with Crippen LogP contribution >= 0.6 is 0 Å². The van der Waals surface area contributed by atoms with Crippen molar-refractivity contribution in [3.63, 3.8) is 0 Å². The van der Waals surface area contributed by atoms with E-state index in [9.17, 15) is 43.5 Å². The summed E-state index contributed by atoms with van der Waals surface area (Å²) in [4.78, 5) is 113. The van der Waals surface area contributed by atoms with E-state index in [2.05, 4.69) is 26.2 Å². The summed E-state index contributed by atoms with van der Waals surface area (Å²) < 4.78 is 5.09. The second-order valence-corrected chi connectivity index (χ2v) is 13.3. The zero-order chi connectivity index (χ0) is 41.7. The van der Waals surface area contributed by atoms with Gasteiger partial charge in [-0.15, -0.1) is 0 Å². The molecule has 1 heterocycles. The number of rotatable bonds is 20. The highest BCUT2D eigenvalue weighted by molar-refractivity contribution is 6.14. The summed E-state index contributed by atoms with van der Waals surface area (Å²) in [7, 11) is 0. The fourth-order valence-electron chi connectivity index (χ4n) is 4.82. The zero-order valence-electron chi connectivity index (χ0n) is 31.2. The summed E-state index contributed by atoms with van der Waals surface area (Å²) in [6.45, 7) is 4.51. The van der Waals surface area contributed by atoms with Crippen LogP contribution in [0.1, 0.15) is 71.3 Å². The maximum absolute atomic E-state index is 12.4. The van der Waals surface area contributed by atoms with Crippen molar-refractivity contribution in [2.45, 2.75) is 83.8 Å². The molecule has 0 fully saturated rings. The Morgan fingerprint density at radius 2 is 1.36 bits per heavy atom. The molecule has 1 aliphatic heterocycles. The fourth-order valence-corrected chi connectivity index (χ4v) is 4.82. The number of anilines is 1. The van der Waals surface area contributed by atoms with Crippen molar-refractivity contribution in [3.8, 4) is 0 Å². The standard InChI is InChI=1S/C37H44N6O10.CO2/c1-37(2,3)53-36(52)40-30(35(50)51)7-5-4-6-8-31(46)38-22-28(44)17-18-32(47)39-25-13-15-27(16-14-25)42-41-26-11-9-24(10-12-26)21-29(45)23-43-33(48)19-20-34(43)49;2-1-3/h9-16,19-20,30H,4-8,17-18,21-23H2,1-3H3,(H,38,46)(H,39,47)(H,40,52)(H,50,51);/t30-;/m0./s1. The molecular weight excluding hydrogens is 732 g/mol. The third-order valence-corrected chi connectivity index (χ3v) is 7.50. The predicted octanol–water partition coefficient (Wildman–Crippen LogP) is 3.89. The number of carbonyl (C=O) groups is 8. The van der Waals surface area contributed by atoms with Crippen LogP contribution < -0.4 is 16.0 Å². The summed E-state index contributed by atoms with van der Waals surface area (Å²) >= 11 is 0. The highest BCUT2D eigenvalue weighted by Gasteiger charge is 2.26. The SMILES string of the molecule is CC(C)(C)OC(=O)N[C@@H](CCCCCC(=O)NCC(=O)CCC(=O)Nc1ccc(N=Nc2ccc(CC(=O)CN3C(=O)C=CC3=O)cc2)cc1)C(=O)O.O=C=O. The maximum Gasteiger partial charge on any atom is 0.408 e. The number of unbranched alkanes of at least 4 members (excludes halogenated alkanes) is 2. The lowest BCUT2D eigenvalue weighted by Crippen LogP contribution is -2.43. The molecule has 1 atom stereocenters. The molecule has 0 aromatic heterocycles. The van der Waals surface area contributed by atoms with Crippen LogP contribution in [0, 0.1) is 0 Å². The van der Waals surface area contributed by atoms with Gasteiger partial charge in [0.05, 0.1) is 24.5 Å². The molecule has 0 aliphatic carbocycles. The lowest BCUT2D eigenvalue weighted by molar-refractivity contribution is -0.192. The molecule has 56 heavy (non-hydrogen) atoms. The number of carboxylic acid groups (broad SMARTS) is 1. The van der Waals surface area contributed by atoms with Gasteiger partial charge in [0, 0.05) is 43.5 Å². The molecule has 0 unspecified atom stereocenters. The predicted molar refractivity (Wildman–Crippen MR) is 196 cm³/mol. The lowest BCUT2D eigenvalue weighted by Gasteiger charge is -2.22. The van der Waals surface area contributed by atoms with E-state index in [-0.39, 0.29) is 74.7 Å². The number of nitrogens with zero attached hydrogens (tertiary/aromatic N) is 3. The first-order valence-electron chi connectivity index (χ1n) is 17.5. The number of nitrogens with one attached hydrogen (secondary N) is 3. The van der Waals surface area contributed by atoms with E-state index in [0.717, 1.165) is 17.1 Å². The summed E-state index contributed by atoms with van der Waals surface area (Å²) in [5.74, 6) is -3.50. The second kappa shape index (κ2) is 23.2. The van der Waals surface area contributed by atoms with Gasteiger partial charge in [-0.05, 0) is 75.6 Å². The van der Waals surface area contributed by atoms with Crippen LogP contribution in [0.4, 0.5) is 21.9 Å². The highest BCUT2D eigenvalue weighted by atomic mass is 16.6. The Morgan fingerprint density at radius 1 is 0.786 bits per heavy atom. The molecule has 4 N–H and O–H groups in total. The number of alkyl carbamates (subject to hydrolysis) is 1. The van der Waals surface area contributed by atoms with Crippen molar-refractivity contribution in [2.75, 3.05) is 18.4 Å². The van der Waals surface area contributed by atoms with Crippen molar-refractivity contribution in [1.29, 1.82) is 0 Å². The first kappa shape index (κ1) is 45.5. The number of azo groups is 1. The van der Waals surface area contributed by atoms with Crippen LogP contribution in [0.2, 0.25) is 0 Å². The molecule has 2 aromatic carbocycles. The van der Waals surface area contributed by atoms with Crippen LogP contribution in [0.3, 0.4) is 0 Å². The number of carboxylic acids is 1. The molecule has 0 saturated carbocycles. The number of imide groups is 1. The molecule has 18 heteroatoms. The quantitative estimate of drug-likeness (QED) is 0.0848. The van der Waals surface area contributed by atoms with Crippen molar-refractivity contribution in [3.05, 3.63) is 66.2 Å². The van der Waals surface area contributed by atoms with Gasteiger partial charge in [-0.3, -0.25) is 33.7 Å². The van der Waals surface area contributed by atoms with Crippen LogP contribution in [-0.4, -0.2) is 88.1 Å². The van der Waals surface area contributed by atoms with Gasteiger partial charge in [0.15, 0.2) is 11.6 Å². The summed E-state index contributed by atoms with van der Waals surface area (Å²) in [6, 6.07) is 12.2. The number of hydrogen-bond acceptors (Lipinski definition) is 13. The van der Waals surface area contributed by atoms with Gasteiger partial charge in [-0.1, -0.05) is 25.0 Å². The van der Waals surface area contributed by atoms with E-state index in [1.807, 2.05) is 0 Å². The fraction of sp³-hybridized carbons (Fsp3) is 0.395. The molecule has 5 amide bonds. The molecule has 3 rings (SSSR count).